The highest BCUT2D eigenvalue weighted by Crippen LogP contribution is 2.51. The van der Waals surface area contributed by atoms with Crippen molar-refractivity contribution in [2.24, 2.45) is 0 Å². The molecule has 5 rings (SSSR count). The SMILES string of the molecule is CCC.O.O=C(Cc1cccc(-c2ccc(SO)cc2)c1)C1(c2ccc3c(c2)OCO3)CC1. The Hall–Kier alpha value is -2.80. The molecule has 0 saturated heterocycles. The van der Waals surface area contributed by atoms with Crippen LogP contribution in [0.2, 0.25) is 0 Å². The maximum Gasteiger partial charge on any atom is 0.231 e. The standard InChI is InChI=1S/C24H20O4S.C3H8.H2O/c25-23(24(10-11-24)19-6-9-21-22(14-19)28-15-27-21)13-16-2-1-3-18(12-16)17-4-7-20(29-26)8-5-17;1-3-2;/h1-9,12,14,26H,10-11,13,15H2;3H2,1-2H3;1H2. The molecule has 0 atom stereocenters. The van der Waals surface area contributed by atoms with Crippen LogP contribution >= 0.6 is 12.0 Å². The second-order valence-electron chi connectivity index (χ2n) is 8.27. The Morgan fingerprint density at radius 1 is 0.939 bits per heavy atom. The van der Waals surface area contributed by atoms with Crippen LogP contribution < -0.4 is 9.47 Å². The highest BCUT2D eigenvalue weighted by atomic mass is 32.2. The molecule has 0 unspecified atom stereocenters. The molecule has 1 fully saturated rings. The number of benzene rings is 3. The van der Waals surface area contributed by atoms with E-state index in [4.69, 9.17) is 14.0 Å². The smallest absolute Gasteiger partial charge is 0.231 e. The molecule has 1 aliphatic carbocycles. The highest BCUT2D eigenvalue weighted by Gasteiger charge is 2.50. The average Bonchev–Trinajstić information content (AvgIpc) is 3.51. The molecule has 174 valence electrons. The van der Waals surface area contributed by atoms with E-state index < -0.39 is 5.41 Å². The van der Waals surface area contributed by atoms with Crippen LogP contribution in [0.4, 0.5) is 0 Å². The fourth-order valence-corrected chi connectivity index (χ4v) is 4.23. The molecule has 2 aliphatic rings. The number of ether oxygens (including phenoxy) is 2. The molecule has 0 spiro atoms. The van der Waals surface area contributed by atoms with Gasteiger partial charge in [-0.25, -0.2) is 0 Å². The van der Waals surface area contributed by atoms with Gasteiger partial charge >= 0.3 is 0 Å². The van der Waals surface area contributed by atoms with Crippen molar-refractivity contribution in [2.45, 2.75) is 49.8 Å². The quantitative estimate of drug-likeness (QED) is 0.445. The third kappa shape index (κ3) is 5.41. The van der Waals surface area contributed by atoms with Gasteiger partial charge in [-0.1, -0.05) is 62.7 Å². The zero-order valence-corrected chi connectivity index (χ0v) is 19.8. The first kappa shape index (κ1) is 24.8. The summed E-state index contributed by atoms with van der Waals surface area (Å²) in [6.07, 6.45) is 3.42. The lowest BCUT2D eigenvalue weighted by Gasteiger charge is -2.15. The van der Waals surface area contributed by atoms with E-state index in [2.05, 4.69) is 19.9 Å². The highest BCUT2D eigenvalue weighted by molar-refractivity contribution is 7.93. The van der Waals surface area contributed by atoms with Crippen LogP contribution in [0.5, 0.6) is 11.5 Å². The van der Waals surface area contributed by atoms with Crippen LogP contribution in [0.1, 0.15) is 44.2 Å². The van der Waals surface area contributed by atoms with E-state index in [-0.39, 0.29) is 18.1 Å². The molecule has 0 aromatic heterocycles. The van der Waals surface area contributed by atoms with Crippen LogP contribution in [0, 0.1) is 0 Å². The molecule has 3 N–H and O–H groups in total. The lowest BCUT2D eigenvalue weighted by atomic mass is 9.87. The lowest BCUT2D eigenvalue weighted by molar-refractivity contribution is -0.120. The van der Waals surface area contributed by atoms with Gasteiger partial charge in [0.1, 0.15) is 5.78 Å². The fourth-order valence-electron chi connectivity index (χ4n) is 3.97. The first-order chi connectivity index (χ1) is 15.6. The molecular formula is C27H30O5S. The van der Waals surface area contributed by atoms with Crippen molar-refractivity contribution >= 4 is 17.8 Å². The molecule has 5 nitrogen and oxygen atoms in total. The van der Waals surface area contributed by atoms with E-state index in [1.807, 2.05) is 60.7 Å². The van der Waals surface area contributed by atoms with Crippen molar-refractivity contribution in [3.05, 3.63) is 77.9 Å². The van der Waals surface area contributed by atoms with Crippen LogP contribution in [0.25, 0.3) is 11.1 Å². The molecule has 1 heterocycles. The Kier molecular flexibility index (Phi) is 8.19. The van der Waals surface area contributed by atoms with E-state index in [0.717, 1.165) is 63.5 Å². The minimum atomic E-state index is -0.392. The summed E-state index contributed by atoms with van der Waals surface area (Å²) in [6, 6.07) is 21.7. The third-order valence-electron chi connectivity index (χ3n) is 5.79. The summed E-state index contributed by atoms with van der Waals surface area (Å²) in [7, 11) is 0. The number of rotatable bonds is 6. The summed E-state index contributed by atoms with van der Waals surface area (Å²) in [4.78, 5) is 14.0. The van der Waals surface area contributed by atoms with Gasteiger partial charge in [0.05, 0.1) is 5.41 Å². The van der Waals surface area contributed by atoms with Crippen molar-refractivity contribution in [1.82, 2.24) is 0 Å². The number of hydrogen-bond acceptors (Lipinski definition) is 5. The number of ketones is 1. The zero-order valence-electron chi connectivity index (χ0n) is 19.0. The molecule has 0 bridgehead atoms. The number of carbonyl (C=O) groups excluding carboxylic acids is 1. The summed E-state index contributed by atoms with van der Waals surface area (Å²) in [6.45, 7) is 4.49. The summed E-state index contributed by atoms with van der Waals surface area (Å²) < 4.78 is 20.0. The predicted molar refractivity (Wildman–Crippen MR) is 132 cm³/mol. The van der Waals surface area contributed by atoms with Gasteiger partial charge in [-0.3, -0.25) is 4.79 Å². The minimum Gasteiger partial charge on any atom is -0.454 e. The molecule has 3 aromatic carbocycles. The van der Waals surface area contributed by atoms with Gasteiger partial charge in [-0.2, -0.15) is 0 Å². The molecular weight excluding hydrogens is 436 g/mol. The van der Waals surface area contributed by atoms with Gasteiger partial charge in [0.15, 0.2) is 11.5 Å². The topological polar surface area (TPSA) is 87.3 Å². The number of Topliss-reactive ketones (excluding diaryl/α,β-unsaturated/α-hetero) is 1. The minimum absolute atomic E-state index is 0. The molecule has 0 amide bonds. The molecule has 3 aromatic rings. The van der Waals surface area contributed by atoms with Gasteiger partial charge in [0.25, 0.3) is 0 Å². The van der Waals surface area contributed by atoms with Crippen molar-refractivity contribution in [1.29, 1.82) is 0 Å². The normalized spacial score (nSPS) is 14.5. The monoisotopic (exact) mass is 466 g/mol. The van der Waals surface area contributed by atoms with Crippen LogP contribution in [-0.4, -0.2) is 22.6 Å². The van der Waals surface area contributed by atoms with Crippen molar-refractivity contribution in [3.63, 3.8) is 0 Å². The zero-order chi connectivity index (χ0) is 22.6. The van der Waals surface area contributed by atoms with Crippen molar-refractivity contribution in [2.75, 3.05) is 6.79 Å². The largest absolute Gasteiger partial charge is 0.454 e. The second-order valence-corrected chi connectivity index (χ2v) is 8.93. The molecule has 1 aliphatic heterocycles. The van der Waals surface area contributed by atoms with E-state index in [1.54, 1.807) is 0 Å². The van der Waals surface area contributed by atoms with Gasteiger partial charge in [-0.05, 0) is 59.4 Å². The van der Waals surface area contributed by atoms with Crippen LogP contribution in [0.3, 0.4) is 0 Å². The van der Waals surface area contributed by atoms with Crippen molar-refractivity contribution < 1.29 is 24.3 Å². The Bertz CT molecular complexity index is 1090. The van der Waals surface area contributed by atoms with E-state index >= 15 is 0 Å². The third-order valence-corrected chi connectivity index (χ3v) is 6.28. The van der Waals surface area contributed by atoms with Crippen LogP contribution in [-0.2, 0) is 16.6 Å². The number of carbonyl (C=O) groups is 1. The van der Waals surface area contributed by atoms with Crippen LogP contribution in [0.15, 0.2) is 71.6 Å². The number of hydrogen-bond donors (Lipinski definition) is 1. The number of fused-ring (bicyclic) bond motifs is 1. The summed E-state index contributed by atoms with van der Waals surface area (Å²) in [5.74, 6) is 1.73. The van der Waals surface area contributed by atoms with E-state index in [0.29, 0.717) is 6.42 Å². The van der Waals surface area contributed by atoms with E-state index in [9.17, 15) is 4.79 Å². The lowest BCUT2D eigenvalue weighted by Crippen LogP contribution is -2.22. The molecule has 1 saturated carbocycles. The first-order valence-corrected chi connectivity index (χ1v) is 11.8. The summed E-state index contributed by atoms with van der Waals surface area (Å²) in [5, 5.41) is 0. The average molecular weight is 467 g/mol. The van der Waals surface area contributed by atoms with Gasteiger partial charge in [0, 0.05) is 23.4 Å². The maximum absolute atomic E-state index is 13.2. The molecule has 33 heavy (non-hydrogen) atoms. The summed E-state index contributed by atoms with van der Waals surface area (Å²) >= 11 is 0.738. The Balaban J connectivity index is 0.000000728. The molecule has 6 heteroatoms. The fraction of sp³-hybridized carbons (Fsp3) is 0.296. The Morgan fingerprint density at radius 3 is 2.30 bits per heavy atom. The summed E-state index contributed by atoms with van der Waals surface area (Å²) in [5.41, 5.74) is 3.78. The molecule has 0 radical (unpaired) electrons. The Morgan fingerprint density at radius 2 is 1.64 bits per heavy atom. The Labute approximate surface area is 199 Å². The van der Waals surface area contributed by atoms with E-state index in [1.165, 1.54) is 6.42 Å². The second kappa shape index (κ2) is 10.9. The van der Waals surface area contributed by atoms with Crippen molar-refractivity contribution in [3.8, 4) is 22.6 Å². The van der Waals surface area contributed by atoms with Gasteiger partial charge < -0.3 is 19.5 Å². The van der Waals surface area contributed by atoms with Gasteiger partial charge in [0.2, 0.25) is 6.79 Å². The predicted octanol–water partition coefficient (Wildman–Crippen LogP) is 6.08. The first-order valence-electron chi connectivity index (χ1n) is 11.0. The van der Waals surface area contributed by atoms with Gasteiger partial charge in [-0.15, -0.1) is 0 Å². The maximum atomic E-state index is 13.2.